The molecule has 1 atom stereocenters. The van der Waals surface area contributed by atoms with Gasteiger partial charge in [-0.15, -0.1) is 0 Å². The number of carbonyl (C=O) groups is 1. The molecule has 1 fully saturated rings. The van der Waals surface area contributed by atoms with Crippen molar-refractivity contribution >= 4 is 5.78 Å². The molecule has 3 heteroatoms. The van der Waals surface area contributed by atoms with Gasteiger partial charge in [0.25, 0.3) is 0 Å². The molecule has 1 heterocycles. The third-order valence-corrected chi connectivity index (χ3v) is 3.28. The molecule has 15 heavy (non-hydrogen) atoms. The van der Waals surface area contributed by atoms with Crippen LogP contribution >= 0.6 is 0 Å². The Balaban J connectivity index is 2.38. The first-order valence-corrected chi connectivity index (χ1v) is 6.03. The zero-order chi connectivity index (χ0) is 11.4. The lowest BCUT2D eigenvalue weighted by Crippen LogP contribution is -2.52. The van der Waals surface area contributed by atoms with Crippen molar-refractivity contribution in [3.8, 4) is 0 Å². The van der Waals surface area contributed by atoms with Crippen LogP contribution in [0, 0.1) is 5.92 Å². The summed E-state index contributed by atoms with van der Waals surface area (Å²) < 4.78 is 0. The molecule has 0 aromatic heterocycles. The number of nitrogens with zero attached hydrogens (tertiary/aromatic N) is 2. The standard InChI is InChI=1S/C12H24N2O/c1-5-14-7-6-13(8-11(14)4)9-12(15)10(2)3/h10-11H,5-9H2,1-4H3. The fourth-order valence-corrected chi connectivity index (χ4v) is 2.09. The monoisotopic (exact) mass is 212 g/mol. The van der Waals surface area contributed by atoms with Crippen molar-refractivity contribution in [1.82, 2.24) is 9.80 Å². The van der Waals surface area contributed by atoms with Gasteiger partial charge in [-0.25, -0.2) is 0 Å². The summed E-state index contributed by atoms with van der Waals surface area (Å²) in [6.45, 7) is 13.3. The summed E-state index contributed by atoms with van der Waals surface area (Å²) in [4.78, 5) is 16.4. The van der Waals surface area contributed by atoms with Crippen LogP contribution in [0.15, 0.2) is 0 Å². The Bertz CT molecular complexity index is 216. The highest BCUT2D eigenvalue weighted by Gasteiger charge is 2.23. The second-order valence-electron chi connectivity index (χ2n) is 4.83. The van der Waals surface area contributed by atoms with Crippen molar-refractivity contribution < 1.29 is 4.79 Å². The van der Waals surface area contributed by atoms with Gasteiger partial charge in [-0.05, 0) is 13.5 Å². The first-order valence-electron chi connectivity index (χ1n) is 6.03. The predicted octanol–water partition coefficient (Wildman–Crippen LogP) is 1.24. The molecule has 0 aliphatic carbocycles. The Labute approximate surface area is 93.4 Å². The second kappa shape index (κ2) is 5.61. The number of hydrogen-bond donors (Lipinski definition) is 0. The minimum absolute atomic E-state index is 0.171. The molecular formula is C12H24N2O. The average Bonchev–Trinajstić information content (AvgIpc) is 2.18. The summed E-state index contributed by atoms with van der Waals surface area (Å²) in [5, 5.41) is 0. The van der Waals surface area contributed by atoms with E-state index in [1.54, 1.807) is 0 Å². The van der Waals surface area contributed by atoms with E-state index in [1.165, 1.54) is 0 Å². The van der Waals surface area contributed by atoms with E-state index < -0.39 is 0 Å². The van der Waals surface area contributed by atoms with Crippen molar-refractivity contribution in [1.29, 1.82) is 0 Å². The SMILES string of the molecule is CCN1CCN(CC(=O)C(C)C)CC1C. The molecule has 1 saturated heterocycles. The van der Waals surface area contributed by atoms with E-state index in [1.807, 2.05) is 13.8 Å². The minimum atomic E-state index is 0.171. The van der Waals surface area contributed by atoms with E-state index in [9.17, 15) is 4.79 Å². The largest absolute Gasteiger partial charge is 0.298 e. The van der Waals surface area contributed by atoms with Crippen molar-refractivity contribution in [3.05, 3.63) is 0 Å². The summed E-state index contributed by atoms with van der Waals surface area (Å²) in [7, 11) is 0. The molecule has 0 aromatic carbocycles. The lowest BCUT2D eigenvalue weighted by atomic mass is 10.1. The average molecular weight is 212 g/mol. The van der Waals surface area contributed by atoms with Gasteiger partial charge in [-0.1, -0.05) is 20.8 Å². The third kappa shape index (κ3) is 3.58. The van der Waals surface area contributed by atoms with E-state index in [4.69, 9.17) is 0 Å². The van der Waals surface area contributed by atoms with E-state index >= 15 is 0 Å². The lowest BCUT2D eigenvalue weighted by Gasteiger charge is -2.39. The minimum Gasteiger partial charge on any atom is -0.298 e. The molecule has 0 saturated carbocycles. The molecule has 1 aliphatic rings. The topological polar surface area (TPSA) is 23.6 Å². The highest BCUT2D eigenvalue weighted by Crippen LogP contribution is 2.09. The maximum absolute atomic E-state index is 11.6. The summed E-state index contributed by atoms with van der Waals surface area (Å²) in [6, 6.07) is 0.587. The number of rotatable bonds is 4. The van der Waals surface area contributed by atoms with E-state index in [0.717, 1.165) is 26.2 Å². The first kappa shape index (κ1) is 12.7. The maximum atomic E-state index is 11.6. The zero-order valence-corrected chi connectivity index (χ0v) is 10.5. The predicted molar refractivity (Wildman–Crippen MR) is 63.0 cm³/mol. The molecule has 0 spiro atoms. The number of hydrogen-bond acceptors (Lipinski definition) is 3. The molecule has 88 valence electrons. The highest BCUT2D eigenvalue weighted by molar-refractivity contribution is 5.82. The van der Waals surface area contributed by atoms with Crippen molar-refractivity contribution in [2.75, 3.05) is 32.7 Å². The van der Waals surface area contributed by atoms with Gasteiger partial charge < -0.3 is 0 Å². The summed E-state index contributed by atoms with van der Waals surface area (Å²) in [5.41, 5.74) is 0. The third-order valence-electron chi connectivity index (χ3n) is 3.28. The molecule has 0 radical (unpaired) electrons. The summed E-state index contributed by atoms with van der Waals surface area (Å²) in [6.07, 6.45) is 0. The van der Waals surface area contributed by atoms with Gasteiger partial charge >= 0.3 is 0 Å². The van der Waals surface area contributed by atoms with Crippen LogP contribution in [-0.4, -0.2) is 54.3 Å². The number of likely N-dealkylation sites (N-methyl/N-ethyl adjacent to an activating group) is 1. The van der Waals surface area contributed by atoms with Crippen molar-refractivity contribution in [2.45, 2.75) is 33.7 Å². The van der Waals surface area contributed by atoms with Gasteiger partial charge in [0.1, 0.15) is 5.78 Å². The zero-order valence-electron chi connectivity index (χ0n) is 10.5. The molecular weight excluding hydrogens is 188 g/mol. The van der Waals surface area contributed by atoms with Gasteiger partial charge in [0, 0.05) is 31.6 Å². The Kier molecular flexibility index (Phi) is 4.74. The molecule has 1 rings (SSSR count). The first-order chi connectivity index (χ1) is 7.04. The Hall–Kier alpha value is -0.410. The second-order valence-corrected chi connectivity index (χ2v) is 4.83. The maximum Gasteiger partial charge on any atom is 0.149 e. The van der Waals surface area contributed by atoms with E-state index in [2.05, 4.69) is 23.6 Å². The number of carbonyl (C=O) groups excluding carboxylic acids is 1. The Morgan fingerprint density at radius 1 is 1.40 bits per heavy atom. The summed E-state index contributed by atoms with van der Waals surface area (Å²) in [5.74, 6) is 0.539. The van der Waals surface area contributed by atoms with Crippen LogP contribution in [0.3, 0.4) is 0 Å². The Morgan fingerprint density at radius 3 is 2.53 bits per heavy atom. The number of ketones is 1. The summed E-state index contributed by atoms with van der Waals surface area (Å²) >= 11 is 0. The van der Waals surface area contributed by atoms with E-state index in [-0.39, 0.29) is 5.92 Å². The number of Topliss-reactive ketones (excluding diaryl/α,β-unsaturated/α-hetero) is 1. The lowest BCUT2D eigenvalue weighted by molar-refractivity contribution is -0.123. The van der Waals surface area contributed by atoms with Crippen LogP contribution in [0.1, 0.15) is 27.7 Å². The molecule has 3 nitrogen and oxygen atoms in total. The number of piperazine rings is 1. The van der Waals surface area contributed by atoms with Gasteiger partial charge in [0.05, 0.1) is 6.54 Å². The van der Waals surface area contributed by atoms with Gasteiger partial charge in [-0.3, -0.25) is 14.6 Å². The van der Waals surface area contributed by atoms with Crippen LogP contribution in [0.25, 0.3) is 0 Å². The molecule has 0 N–H and O–H groups in total. The molecule has 1 aliphatic heterocycles. The van der Waals surface area contributed by atoms with Crippen LogP contribution in [0.2, 0.25) is 0 Å². The van der Waals surface area contributed by atoms with Crippen LogP contribution in [0.4, 0.5) is 0 Å². The van der Waals surface area contributed by atoms with Crippen molar-refractivity contribution in [2.24, 2.45) is 5.92 Å². The fourth-order valence-electron chi connectivity index (χ4n) is 2.09. The molecule has 0 aromatic rings. The fraction of sp³-hybridized carbons (Fsp3) is 0.917. The van der Waals surface area contributed by atoms with Crippen molar-refractivity contribution in [3.63, 3.8) is 0 Å². The smallest absolute Gasteiger partial charge is 0.149 e. The van der Waals surface area contributed by atoms with Gasteiger partial charge in [0.2, 0.25) is 0 Å². The molecule has 0 amide bonds. The van der Waals surface area contributed by atoms with Crippen LogP contribution < -0.4 is 0 Å². The molecule has 1 unspecified atom stereocenters. The van der Waals surface area contributed by atoms with Crippen LogP contribution in [0.5, 0.6) is 0 Å². The Morgan fingerprint density at radius 2 is 2.07 bits per heavy atom. The van der Waals surface area contributed by atoms with Gasteiger partial charge in [0.15, 0.2) is 0 Å². The quantitative estimate of drug-likeness (QED) is 0.700. The van der Waals surface area contributed by atoms with E-state index in [0.29, 0.717) is 18.4 Å². The van der Waals surface area contributed by atoms with Gasteiger partial charge in [-0.2, -0.15) is 0 Å². The van der Waals surface area contributed by atoms with Crippen LogP contribution in [-0.2, 0) is 4.79 Å². The molecule has 0 bridgehead atoms. The highest BCUT2D eigenvalue weighted by atomic mass is 16.1. The normalized spacial score (nSPS) is 24.7.